The fourth-order valence-corrected chi connectivity index (χ4v) is 4.03. The molecule has 0 bridgehead atoms. The van der Waals surface area contributed by atoms with Gasteiger partial charge in [0.05, 0.1) is 14.2 Å². The van der Waals surface area contributed by atoms with Crippen molar-refractivity contribution < 1.29 is 38.2 Å². The third kappa shape index (κ3) is 10.9. The molecule has 3 N–H and O–H groups in total. The van der Waals surface area contributed by atoms with Crippen LogP contribution in [0.4, 0.5) is 4.79 Å². The fourth-order valence-electron chi connectivity index (χ4n) is 4.03. The largest absolute Gasteiger partial charge is 0.467 e. The second kappa shape index (κ2) is 15.2. The normalized spacial score (nSPS) is 14.4. The molecule has 0 radical (unpaired) electrons. The molecule has 1 aromatic rings. The zero-order valence-corrected chi connectivity index (χ0v) is 25.1. The minimum Gasteiger partial charge on any atom is -0.467 e. The molecular formula is C29H45N3O8. The number of ether oxygens (including phenoxy) is 3. The Morgan fingerprint density at radius 1 is 0.800 bits per heavy atom. The summed E-state index contributed by atoms with van der Waals surface area (Å²) >= 11 is 0. The van der Waals surface area contributed by atoms with Gasteiger partial charge >= 0.3 is 18.0 Å². The van der Waals surface area contributed by atoms with Crippen molar-refractivity contribution in [3.05, 3.63) is 35.9 Å². The molecule has 224 valence electrons. The molecule has 1 unspecified atom stereocenters. The number of alkyl carbamates (subject to hydrolysis) is 1. The van der Waals surface area contributed by atoms with E-state index in [4.69, 9.17) is 14.2 Å². The third-order valence-electron chi connectivity index (χ3n) is 5.78. The van der Waals surface area contributed by atoms with Crippen molar-refractivity contribution in [1.29, 1.82) is 0 Å². The molecule has 11 nitrogen and oxygen atoms in total. The average molecular weight is 564 g/mol. The molecule has 0 aliphatic rings. The van der Waals surface area contributed by atoms with Crippen molar-refractivity contribution in [1.82, 2.24) is 16.0 Å². The Morgan fingerprint density at radius 2 is 1.35 bits per heavy atom. The molecule has 1 aromatic carbocycles. The zero-order valence-electron chi connectivity index (χ0n) is 25.1. The Balaban J connectivity index is 3.57. The Kier molecular flexibility index (Phi) is 13.1. The molecule has 0 saturated heterocycles. The van der Waals surface area contributed by atoms with Crippen LogP contribution in [0.1, 0.15) is 66.9 Å². The van der Waals surface area contributed by atoms with Gasteiger partial charge in [-0.2, -0.15) is 0 Å². The average Bonchev–Trinajstić information content (AvgIpc) is 2.85. The smallest absolute Gasteiger partial charge is 0.408 e. The maximum absolute atomic E-state index is 13.9. The van der Waals surface area contributed by atoms with Crippen molar-refractivity contribution in [2.75, 3.05) is 14.2 Å². The number of carbonyl (C=O) groups excluding carboxylic acids is 5. The van der Waals surface area contributed by atoms with Crippen molar-refractivity contribution in [3.8, 4) is 0 Å². The Hall–Kier alpha value is -3.63. The highest BCUT2D eigenvalue weighted by molar-refractivity contribution is 6.11. The van der Waals surface area contributed by atoms with Gasteiger partial charge in [0.25, 0.3) is 5.91 Å². The van der Waals surface area contributed by atoms with Crippen LogP contribution < -0.4 is 16.0 Å². The summed E-state index contributed by atoms with van der Waals surface area (Å²) in [6.45, 7) is 12.5. The van der Waals surface area contributed by atoms with E-state index in [0.717, 1.165) is 7.11 Å². The van der Waals surface area contributed by atoms with E-state index in [1.54, 1.807) is 51.1 Å². The Labute approximate surface area is 237 Å². The summed E-state index contributed by atoms with van der Waals surface area (Å²) in [4.78, 5) is 66.1. The highest BCUT2D eigenvalue weighted by Gasteiger charge is 2.50. The molecule has 0 heterocycles. The summed E-state index contributed by atoms with van der Waals surface area (Å²) in [5, 5.41) is 7.71. The summed E-state index contributed by atoms with van der Waals surface area (Å²) < 4.78 is 15.2. The van der Waals surface area contributed by atoms with E-state index in [1.807, 2.05) is 27.7 Å². The standard InChI is InChI=1S/C29H45N3O8/c1-18(2)15-21(31-27(37)40-28(5,6)7)23(33)32-29(26(36)39-9,17-20-13-11-10-12-14-20)25(35)30-22(16-19(3)4)24(34)38-8/h10-14,18-19,21-22H,15-17H2,1-9H3,(H,30,35)(H,31,37)(H,32,33)/t21-,22-,29?/m0/s1. The predicted octanol–water partition coefficient (Wildman–Crippen LogP) is 2.90. The third-order valence-corrected chi connectivity index (χ3v) is 5.78. The summed E-state index contributed by atoms with van der Waals surface area (Å²) in [5.74, 6) is -3.54. The summed E-state index contributed by atoms with van der Waals surface area (Å²) in [7, 11) is 2.29. The van der Waals surface area contributed by atoms with E-state index in [1.165, 1.54) is 7.11 Å². The SMILES string of the molecule is COC(=O)[C@H](CC(C)C)NC(=O)C(Cc1ccccc1)(NC(=O)[C@H](CC(C)C)NC(=O)OC(C)(C)C)C(=O)OC. The van der Waals surface area contributed by atoms with E-state index in [-0.39, 0.29) is 31.1 Å². The predicted molar refractivity (Wildman–Crippen MR) is 149 cm³/mol. The lowest BCUT2D eigenvalue weighted by atomic mass is 9.87. The van der Waals surface area contributed by atoms with Crippen molar-refractivity contribution in [2.45, 2.75) is 91.0 Å². The van der Waals surface area contributed by atoms with Gasteiger partial charge in [0.1, 0.15) is 17.7 Å². The topological polar surface area (TPSA) is 149 Å². The van der Waals surface area contributed by atoms with Crippen LogP contribution in [-0.2, 0) is 39.8 Å². The van der Waals surface area contributed by atoms with Crippen molar-refractivity contribution >= 4 is 29.8 Å². The van der Waals surface area contributed by atoms with Gasteiger partial charge in [-0.05, 0) is 51.0 Å². The van der Waals surface area contributed by atoms with Gasteiger partial charge in [-0.15, -0.1) is 0 Å². The van der Waals surface area contributed by atoms with E-state index in [9.17, 15) is 24.0 Å². The van der Waals surface area contributed by atoms with Gasteiger partial charge in [0.2, 0.25) is 11.4 Å². The lowest BCUT2D eigenvalue weighted by molar-refractivity contribution is -0.158. The van der Waals surface area contributed by atoms with Gasteiger partial charge in [-0.25, -0.2) is 14.4 Å². The van der Waals surface area contributed by atoms with Crippen LogP contribution in [0.15, 0.2) is 30.3 Å². The zero-order chi connectivity index (χ0) is 30.7. The molecular weight excluding hydrogens is 518 g/mol. The number of carbonyl (C=O) groups is 5. The lowest BCUT2D eigenvalue weighted by Crippen LogP contribution is -2.69. The van der Waals surface area contributed by atoms with Gasteiger partial charge in [-0.3, -0.25) is 9.59 Å². The second-order valence-electron chi connectivity index (χ2n) is 11.6. The Morgan fingerprint density at radius 3 is 1.82 bits per heavy atom. The summed E-state index contributed by atoms with van der Waals surface area (Å²) in [6, 6.07) is 6.36. The molecule has 0 aromatic heterocycles. The van der Waals surface area contributed by atoms with E-state index < -0.39 is 53.1 Å². The number of hydrogen-bond donors (Lipinski definition) is 3. The van der Waals surface area contributed by atoms with E-state index in [0.29, 0.717) is 5.56 Å². The van der Waals surface area contributed by atoms with Crippen LogP contribution >= 0.6 is 0 Å². The first-order valence-corrected chi connectivity index (χ1v) is 13.4. The lowest BCUT2D eigenvalue weighted by Gasteiger charge is -2.34. The first-order valence-electron chi connectivity index (χ1n) is 13.4. The molecule has 11 heteroatoms. The van der Waals surface area contributed by atoms with Crippen LogP contribution in [0.2, 0.25) is 0 Å². The van der Waals surface area contributed by atoms with Gasteiger partial charge in [-0.1, -0.05) is 58.0 Å². The van der Waals surface area contributed by atoms with Gasteiger partial charge < -0.3 is 30.2 Å². The second-order valence-corrected chi connectivity index (χ2v) is 11.6. The first kappa shape index (κ1) is 34.4. The number of benzene rings is 1. The molecule has 1 rings (SSSR count). The molecule has 0 aliphatic heterocycles. The molecule has 0 saturated carbocycles. The monoisotopic (exact) mass is 563 g/mol. The number of rotatable bonds is 13. The molecule has 3 amide bonds. The highest BCUT2D eigenvalue weighted by Crippen LogP contribution is 2.20. The van der Waals surface area contributed by atoms with Crippen LogP contribution in [0.5, 0.6) is 0 Å². The summed E-state index contributed by atoms with van der Waals surface area (Å²) in [6.07, 6.45) is -0.695. The minimum atomic E-state index is -2.28. The van der Waals surface area contributed by atoms with Crippen LogP contribution in [0.3, 0.4) is 0 Å². The van der Waals surface area contributed by atoms with E-state index >= 15 is 0 Å². The molecule has 3 atom stereocenters. The van der Waals surface area contributed by atoms with Crippen LogP contribution in [0.25, 0.3) is 0 Å². The Bertz CT molecular complexity index is 1020. The maximum Gasteiger partial charge on any atom is 0.408 e. The minimum absolute atomic E-state index is 0.00547. The molecule has 0 spiro atoms. The summed E-state index contributed by atoms with van der Waals surface area (Å²) in [5.41, 5.74) is -2.55. The van der Waals surface area contributed by atoms with Crippen LogP contribution in [0, 0.1) is 11.8 Å². The van der Waals surface area contributed by atoms with E-state index in [2.05, 4.69) is 16.0 Å². The number of esters is 2. The van der Waals surface area contributed by atoms with Crippen molar-refractivity contribution in [3.63, 3.8) is 0 Å². The molecule has 0 aliphatic carbocycles. The number of amides is 3. The molecule has 0 fully saturated rings. The van der Waals surface area contributed by atoms with Crippen molar-refractivity contribution in [2.24, 2.45) is 11.8 Å². The maximum atomic E-state index is 13.9. The number of hydrogen-bond acceptors (Lipinski definition) is 8. The molecule has 40 heavy (non-hydrogen) atoms. The van der Waals surface area contributed by atoms with Gasteiger partial charge in [0.15, 0.2) is 0 Å². The van der Waals surface area contributed by atoms with Gasteiger partial charge in [0, 0.05) is 6.42 Å². The fraction of sp³-hybridized carbons (Fsp3) is 0.621. The number of methoxy groups -OCH3 is 2. The van der Waals surface area contributed by atoms with Crippen LogP contribution in [-0.4, -0.2) is 67.3 Å². The number of nitrogens with one attached hydrogen (secondary N) is 3. The first-order chi connectivity index (χ1) is 18.5. The highest BCUT2D eigenvalue weighted by atomic mass is 16.6. The quantitative estimate of drug-likeness (QED) is 0.188.